The van der Waals surface area contributed by atoms with Gasteiger partial charge in [0.15, 0.2) is 0 Å². The molecule has 192 valence electrons. The third kappa shape index (κ3) is 4.40. The maximum atomic E-state index is 13.0. The van der Waals surface area contributed by atoms with Crippen molar-refractivity contribution in [3.8, 4) is 0 Å². The Bertz CT molecular complexity index is 808. The van der Waals surface area contributed by atoms with E-state index in [2.05, 4.69) is 13.8 Å². The largest absolute Gasteiger partial charge is 0.462 e. The molecule has 0 aromatic heterocycles. The smallest absolute Gasteiger partial charge is 0.309 e. The van der Waals surface area contributed by atoms with Crippen molar-refractivity contribution in [1.82, 2.24) is 0 Å². The van der Waals surface area contributed by atoms with Gasteiger partial charge < -0.3 is 10.5 Å². The fourth-order valence-electron chi connectivity index (χ4n) is 9.17. The molecule has 4 rings (SSSR count). The number of hydrogen-bond donors (Lipinski definition) is 1. The maximum absolute atomic E-state index is 13.0. The van der Waals surface area contributed by atoms with Gasteiger partial charge in [0, 0.05) is 12.3 Å². The molecule has 0 amide bonds. The lowest BCUT2D eigenvalue weighted by molar-refractivity contribution is -0.169. The van der Waals surface area contributed by atoms with E-state index in [9.17, 15) is 14.4 Å². The van der Waals surface area contributed by atoms with Crippen LogP contribution in [0.4, 0.5) is 0 Å². The first-order valence-corrected chi connectivity index (χ1v) is 13.9. The number of fused-ring (bicyclic) bond motifs is 5. The Morgan fingerprint density at radius 1 is 0.941 bits per heavy atom. The second-order valence-corrected chi connectivity index (χ2v) is 13.1. The zero-order valence-electron chi connectivity index (χ0n) is 22.1. The second-order valence-electron chi connectivity index (χ2n) is 13.1. The monoisotopic (exact) mass is 473 g/mol. The second kappa shape index (κ2) is 9.67. The number of carbonyl (C=O) groups excluding carboxylic acids is 3. The van der Waals surface area contributed by atoms with E-state index in [-0.39, 0.29) is 48.1 Å². The van der Waals surface area contributed by atoms with Gasteiger partial charge in [-0.25, -0.2) is 0 Å². The van der Waals surface area contributed by atoms with Crippen LogP contribution in [0.15, 0.2) is 0 Å². The third-order valence-corrected chi connectivity index (χ3v) is 11.2. The molecule has 4 aliphatic carbocycles. The molecule has 2 N–H and O–H groups in total. The highest BCUT2D eigenvalue weighted by atomic mass is 16.5. The number of esters is 1. The summed E-state index contributed by atoms with van der Waals surface area (Å²) in [6, 6.07) is 0. The van der Waals surface area contributed by atoms with Crippen molar-refractivity contribution in [2.75, 3.05) is 6.54 Å². The average Bonchev–Trinajstić information content (AvgIpc) is 3.14. The van der Waals surface area contributed by atoms with Gasteiger partial charge in [0.1, 0.15) is 17.7 Å². The van der Waals surface area contributed by atoms with Gasteiger partial charge in [-0.1, -0.05) is 27.7 Å². The van der Waals surface area contributed by atoms with Crippen LogP contribution in [0.1, 0.15) is 98.8 Å². The fraction of sp³-hybridized carbons (Fsp3) is 0.897. The number of ether oxygens (including phenoxy) is 1. The van der Waals surface area contributed by atoms with Crippen molar-refractivity contribution in [3.05, 3.63) is 0 Å². The summed E-state index contributed by atoms with van der Waals surface area (Å²) in [5.74, 6) is 2.81. The van der Waals surface area contributed by atoms with Crippen LogP contribution in [0.3, 0.4) is 0 Å². The lowest BCUT2D eigenvalue weighted by atomic mass is 9.44. The van der Waals surface area contributed by atoms with E-state index >= 15 is 0 Å². The van der Waals surface area contributed by atoms with E-state index in [4.69, 9.17) is 10.5 Å². The van der Waals surface area contributed by atoms with Crippen LogP contribution in [0.25, 0.3) is 0 Å². The maximum Gasteiger partial charge on any atom is 0.309 e. The molecule has 5 nitrogen and oxygen atoms in total. The SMILES string of the molecule is CC(=O)C1CCC2[C@@H]3CCC4CC(OC(=O)C(CC(=O)CN)C(C)C)CC[C@]4(C)C3CC[C@]12C. The van der Waals surface area contributed by atoms with Crippen molar-refractivity contribution >= 4 is 17.5 Å². The van der Waals surface area contributed by atoms with Gasteiger partial charge in [-0.05, 0) is 105 Å². The zero-order valence-corrected chi connectivity index (χ0v) is 22.1. The molecule has 34 heavy (non-hydrogen) atoms. The normalized spacial score (nSPS) is 42.3. The van der Waals surface area contributed by atoms with Crippen LogP contribution >= 0.6 is 0 Å². The highest BCUT2D eigenvalue weighted by molar-refractivity contribution is 5.85. The summed E-state index contributed by atoms with van der Waals surface area (Å²) < 4.78 is 6.05. The predicted molar refractivity (Wildman–Crippen MR) is 133 cm³/mol. The fourth-order valence-corrected chi connectivity index (χ4v) is 9.17. The lowest BCUT2D eigenvalue weighted by Crippen LogP contribution is -2.54. The Labute approximate surface area is 206 Å². The van der Waals surface area contributed by atoms with E-state index in [0.717, 1.165) is 37.5 Å². The van der Waals surface area contributed by atoms with Crippen LogP contribution in [0, 0.1) is 52.3 Å². The Morgan fingerprint density at radius 3 is 2.26 bits per heavy atom. The predicted octanol–water partition coefficient (Wildman–Crippen LogP) is 5.34. The molecule has 0 spiro atoms. The van der Waals surface area contributed by atoms with Crippen LogP contribution in [0.5, 0.6) is 0 Å². The van der Waals surface area contributed by atoms with E-state index in [1.165, 1.54) is 32.1 Å². The number of rotatable bonds is 7. The van der Waals surface area contributed by atoms with E-state index < -0.39 is 5.92 Å². The summed E-state index contributed by atoms with van der Waals surface area (Å²) in [7, 11) is 0. The van der Waals surface area contributed by atoms with Gasteiger partial charge in [-0.3, -0.25) is 14.4 Å². The Hall–Kier alpha value is -1.23. The highest BCUT2D eigenvalue weighted by Gasteiger charge is 2.61. The lowest BCUT2D eigenvalue weighted by Gasteiger charge is -2.61. The summed E-state index contributed by atoms with van der Waals surface area (Å²) >= 11 is 0. The Balaban J connectivity index is 1.42. The van der Waals surface area contributed by atoms with Crippen molar-refractivity contribution in [3.63, 3.8) is 0 Å². The van der Waals surface area contributed by atoms with Crippen LogP contribution < -0.4 is 5.73 Å². The van der Waals surface area contributed by atoms with Crippen molar-refractivity contribution in [2.45, 2.75) is 105 Å². The zero-order chi connectivity index (χ0) is 24.8. The molecule has 0 aliphatic heterocycles. The summed E-state index contributed by atoms with van der Waals surface area (Å²) in [6.07, 6.45) is 10.4. The molecule has 0 bridgehead atoms. The molecule has 0 aromatic carbocycles. The number of carbonyl (C=O) groups is 3. The first-order valence-electron chi connectivity index (χ1n) is 13.9. The van der Waals surface area contributed by atoms with Gasteiger partial charge in [0.2, 0.25) is 0 Å². The van der Waals surface area contributed by atoms with Crippen molar-refractivity contribution in [1.29, 1.82) is 0 Å². The van der Waals surface area contributed by atoms with Gasteiger partial charge in [0.25, 0.3) is 0 Å². The van der Waals surface area contributed by atoms with E-state index in [0.29, 0.717) is 23.0 Å². The minimum atomic E-state index is -0.396. The first-order chi connectivity index (χ1) is 16.0. The van der Waals surface area contributed by atoms with Crippen molar-refractivity contribution < 1.29 is 19.1 Å². The summed E-state index contributed by atoms with van der Waals surface area (Å²) in [5, 5.41) is 0. The van der Waals surface area contributed by atoms with Crippen LogP contribution in [-0.4, -0.2) is 30.2 Å². The molecule has 5 heteroatoms. The molecular formula is C29H47NO4. The molecule has 0 radical (unpaired) electrons. The molecule has 6 unspecified atom stereocenters. The number of ketones is 2. The highest BCUT2D eigenvalue weighted by Crippen LogP contribution is 2.67. The topological polar surface area (TPSA) is 86.5 Å². The first kappa shape index (κ1) is 25.9. The average molecular weight is 474 g/mol. The molecule has 0 saturated heterocycles. The summed E-state index contributed by atoms with van der Waals surface area (Å²) in [6.45, 7) is 10.7. The van der Waals surface area contributed by atoms with E-state index in [1.54, 1.807) is 6.92 Å². The van der Waals surface area contributed by atoms with Gasteiger partial charge in [0.05, 0.1) is 12.5 Å². The quantitative estimate of drug-likeness (QED) is 0.505. The molecule has 4 fully saturated rings. The molecule has 9 atom stereocenters. The minimum absolute atomic E-state index is 0.0177. The van der Waals surface area contributed by atoms with Gasteiger partial charge >= 0.3 is 5.97 Å². The van der Waals surface area contributed by atoms with Gasteiger partial charge in [-0.15, -0.1) is 0 Å². The van der Waals surface area contributed by atoms with Crippen LogP contribution in [0.2, 0.25) is 0 Å². The molecule has 0 heterocycles. The Morgan fingerprint density at radius 2 is 1.62 bits per heavy atom. The third-order valence-electron chi connectivity index (χ3n) is 11.2. The Kier molecular flexibility index (Phi) is 7.35. The van der Waals surface area contributed by atoms with Gasteiger partial charge in [-0.2, -0.15) is 0 Å². The summed E-state index contributed by atoms with van der Waals surface area (Å²) in [5.41, 5.74) is 6.01. The molecule has 0 aromatic rings. The molecular weight excluding hydrogens is 426 g/mol. The van der Waals surface area contributed by atoms with Crippen molar-refractivity contribution in [2.24, 2.45) is 58.0 Å². The molecule has 4 saturated carbocycles. The van der Waals surface area contributed by atoms with E-state index in [1.807, 2.05) is 13.8 Å². The number of Topliss-reactive ketones (excluding diaryl/α,β-unsaturated/α-hetero) is 2. The standard InChI is InChI=1S/C29H47NO4/c1-17(2)23(15-20(32)16-30)27(33)34-21-10-12-28(4)19(14-21)6-7-22-25-9-8-24(18(3)31)29(25,5)13-11-26(22)28/h17,19,21-26H,6-16,30H2,1-5H3/t19?,21?,22-,23?,24?,25?,26?,28-,29+/m0/s1. The number of nitrogens with two attached hydrogens (primary N) is 1. The molecule has 4 aliphatic rings. The number of hydrogen-bond acceptors (Lipinski definition) is 5. The summed E-state index contributed by atoms with van der Waals surface area (Å²) in [4.78, 5) is 37.3. The minimum Gasteiger partial charge on any atom is -0.462 e. The van der Waals surface area contributed by atoms with Crippen LogP contribution in [-0.2, 0) is 19.1 Å².